The van der Waals surface area contributed by atoms with Crippen LogP contribution in [-0.2, 0) is 13.6 Å². The van der Waals surface area contributed by atoms with Gasteiger partial charge in [-0.05, 0) is 35.9 Å². The summed E-state index contributed by atoms with van der Waals surface area (Å²) in [7, 11) is 1.66. The Hall–Kier alpha value is -2.70. The smallest absolute Gasteiger partial charge is 0.291 e. The number of carbonyl (C=O) groups excluding carboxylic acids is 2. The van der Waals surface area contributed by atoms with Gasteiger partial charge in [-0.3, -0.25) is 9.59 Å². The van der Waals surface area contributed by atoms with Crippen molar-refractivity contribution in [2.75, 3.05) is 5.32 Å². The number of nitrogens with zero attached hydrogens (tertiary/aromatic N) is 1. The molecule has 8 heteroatoms. The number of hydrogen-bond donors (Lipinski definition) is 2. The molecule has 0 fully saturated rings. The third-order valence-corrected chi connectivity index (χ3v) is 4.57. The van der Waals surface area contributed by atoms with Crippen LogP contribution in [0.1, 0.15) is 26.6 Å². The van der Waals surface area contributed by atoms with Gasteiger partial charge < -0.3 is 19.6 Å². The maximum absolute atomic E-state index is 12.3. The van der Waals surface area contributed by atoms with Crippen molar-refractivity contribution in [3.63, 3.8) is 0 Å². The Kier molecular flexibility index (Phi) is 5.35. The van der Waals surface area contributed by atoms with E-state index in [1.807, 2.05) is 6.07 Å². The van der Waals surface area contributed by atoms with Crippen molar-refractivity contribution in [2.24, 2.45) is 7.05 Å². The fraction of sp³-hybridized carbons (Fsp3) is 0.111. The van der Waals surface area contributed by atoms with Crippen LogP contribution in [0.15, 0.2) is 53.1 Å². The predicted molar refractivity (Wildman–Crippen MR) is 99.7 cm³/mol. The molecule has 2 amide bonds. The van der Waals surface area contributed by atoms with E-state index < -0.39 is 0 Å². The highest BCUT2D eigenvalue weighted by molar-refractivity contribution is 6.41. The van der Waals surface area contributed by atoms with Crippen LogP contribution in [0, 0.1) is 0 Å². The molecular formula is C18H15Cl2N3O3. The van der Waals surface area contributed by atoms with Gasteiger partial charge >= 0.3 is 0 Å². The number of benzene rings is 1. The summed E-state index contributed by atoms with van der Waals surface area (Å²) in [5.74, 6) is -0.420. The fourth-order valence-electron chi connectivity index (χ4n) is 2.39. The van der Waals surface area contributed by atoms with Crippen molar-refractivity contribution < 1.29 is 14.0 Å². The lowest BCUT2D eigenvalue weighted by molar-refractivity contribution is 0.0941. The molecule has 134 valence electrons. The highest BCUT2D eigenvalue weighted by Gasteiger charge is 2.15. The minimum absolute atomic E-state index is 0.223. The Balaban J connectivity index is 1.64. The summed E-state index contributed by atoms with van der Waals surface area (Å²) >= 11 is 11.9. The maximum Gasteiger partial charge on any atom is 0.291 e. The standard InChI is InChI=1S/C18H15Cl2N3O3/c1-23-14(9-13(19)16(23)20)17(24)21-10-11-4-2-5-12(8-11)22-18(25)15-6-3-7-26-15/h2-9H,10H2,1H3,(H,21,24)(H,22,25). The average Bonchev–Trinajstić information content (AvgIpc) is 3.25. The second kappa shape index (κ2) is 7.68. The average molecular weight is 392 g/mol. The van der Waals surface area contributed by atoms with Crippen LogP contribution in [0.25, 0.3) is 0 Å². The molecule has 2 N–H and O–H groups in total. The zero-order valence-electron chi connectivity index (χ0n) is 13.8. The molecule has 6 nitrogen and oxygen atoms in total. The second-order valence-electron chi connectivity index (χ2n) is 5.54. The van der Waals surface area contributed by atoms with Crippen molar-refractivity contribution in [3.05, 3.63) is 75.9 Å². The molecule has 0 saturated carbocycles. The van der Waals surface area contributed by atoms with Gasteiger partial charge in [0.15, 0.2) is 5.76 Å². The van der Waals surface area contributed by atoms with Crippen LogP contribution in [-0.4, -0.2) is 16.4 Å². The number of amides is 2. The normalized spacial score (nSPS) is 10.6. The molecule has 26 heavy (non-hydrogen) atoms. The Morgan fingerprint density at radius 2 is 1.92 bits per heavy atom. The lowest BCUT2D eigenvalue weighted by atomic mass is 10.2. The zero-order chi connectivity index (χ0) is 18.7. The first-order valence-corrected chi connectivity index (χ1v) is 8.44. The van der Waals surface area contributed by atoms with Gasteiger partial charge in [-0.25, -0.2) is 0 Å². The highest BCUT2D eigenvalue weighted by atomic mass is 35.5. The number of anilines is 1. The summed E-state index contributed by atoms with van der Waals surface area (Å²) in [5, 5.41) is 6.16. The van der Waals surface area contributed by atoms with Crippen LogP contribution >= 0.6 is 23.2 Å². The van der Waals surface area contributed by atoms with Gasteiger partial charge in [0.05, 0.1) is 11.3 Å². The van der Waals surface area contributed by atoms with Gasteiger partial charge in [0.1, 0.15) is 10.8 Å². The Labute approximate surface area is 159 Å². The van der Waals surface area contributed by atoms with Gasteiger partial charge in [-0.15, -0.1) is 0 Å². The number of nitrogens with one attached hydrogen (secondary N) is 2. The molecule has 0 aliphatic carbocycles. The zero-order valence-corrected chi connectivity index (χ0v) is 15.3. The molecule has 3 rings (SSSR count). The summed E-state index contributed by atoms with van der Waals surface area (Å²) < 4.78 is 6.57. The van der Waals surface area contributed by atoms with Crippen molar-refractivity contribution in [1.82, 2.24) is 9.88 Å². The quantitative estimate of drug-likeness (QED) is 0.686. The SMILES string of the molecule is Cn1c(C(=O)NCc2cccc(NC(=O)c3ccco3)c2)cc(Cl)c1Cl. The number of hydrogen-bond acceptors (Lipinski definition) is 3. The van der Waals surface area contributed by atoms with E-state index in [-0.39, 0.29) is 24.1 Å². The summed E-state index contributed by atoms with van der Waals surface area (Å²) in [6.45, 7) is 0.281. The third-order valence-electron chi connectivity index (χ3n) is 3.73. The van der Waals surface area contributed by atoms with Crippen molar-refractivity contribution in [3.8, 4) is 0 Å². The minimum Gasteiger partial charge on any atom is -0.459 e. The molecular weight excluding hydrogens is 377 g/mol. The maximum atomic E-state index is 12.3. The Morgan fingerprint density at radius 3 is 2.58 bits per heavy atom. The summed E-state index contributed by atoms with van der Waals surface area (Å²) in [4.78, 5) is 24.3. The second-order valence-corrected chi connectivity index (χ2v) is 6.31. The van der Waals surface area contributed by atoms with Crippen LogP contribution < -0.4 is 10.6 Å². The lowest BCUT2D eigenvalue weighted by Gasteiger charge is -2.09. The van der Waals surface area contributed by atoms with Crippen LogP contribution in [0.5, 0.6) is 0 Å². The summed E-state index contributed by atoms with van der Waals surface area (Å²) in [6, 6.07) is 11.9. The van der Waals surface area contributed by atoms with Crippen molar-refractivity contribution in [2.45, 2.75) is 6.54 Å². The molecule has 0 saturated heterocycles. The van der Waals surface area contributed by atoms with E-state index in [9.17, 15) is 9.59 Å². The van der Waals surface area contributed by atoms with E-state index in [0.717, 1.165) is 5.56 Å². The first-order valence-electron chi connectivity index (χ1n) is 7.68. The van der Waals surface area contributed by atoms with Crippen LogP contribution in [0.3, 0.4) is 0 Å². The van der Waals surface area contributed by atoms with Gasteiger partial charge in [0.25, 0.3) is 11.8 Å². The van der Waals surface area contributed by atoms with E-state index >= 15 is 0 Å². The number of aromatic nitrogens is 1. The number of carbonyl (C=O) groups is 2. The van der Waals surface area contributed by atoms with Crippen LogP contribution in [0.2, 0.25) is 10.2 Å². The van der Waals surface area contributed by atoms with Gasteiger partial charge in [0.2, 0.25) is 0 Å². The van der Waals surface area contributed by atoms with E-state index in [4.69, 9.17) is 27.6 Å². The molecule has 0 radical (unpaired) electrons. The molecule has 0 aliphatic heterocycles. The van der Waals surface area contributed by atoms with Crippen molar-refractivity contribution >= 4 is 40.7 Å². The van der Waals surface area contributed by atoms with E-state index in [2.05, 4.69) is 10.6 Å². The summed E-state index contributed by atoms with van der Waals surface area (Å²) in [6.07, 6.45) is 1.43. The van der Waals surface area contributed by atoms with E-state index in [1.54, 1.807) is 37.4 Å². The molecule has 0 bridgehead atoms. The number of halogens is 2. The third kappa shape index (κ3) is 3.92. The number of furan rings is 1. The Bertz CT molecular complexity index is 949. The molecule has 0 spiro atoms. The minimum atomic E-state index is -0.343. The molecule has 1 aromatic carbocycles. The fourth-order valence-corrected chi connectivity index (χ4v) is 2.77. The van der Waals surface area contributed by atoms with Gasteiger partial charge in [0, 0.05) is 19.3 Å². The molecule has 2 heterocycles. The highest BCUT2D eigenvalue weighted by Crippen LogP contribution is 2.25. The molecule has 3 aromatic rings. The van der Waals surface area contributed by atoms with Gasteiger partial charge in [-0.1, -0.05) is 35.3 Å². The van der Waals surface area contributed by atoms with Gasteiger partial charge in [-0.2, -0.15) is 0 Å². The van der Waals surface area contributed by atoms with Crippen molar-refractivity contribution in [1.29, 1.82) is 0 Å². The first-order chi connectivity index (χ1) is 12.5. The predicted octanol–water partition coefficient (Wildman–Crippen LogP) is 4.11. The molecule has 0 unspecified atom stereocenters. The first kappa shape index (κ1) is 18.1. The topological polar surface area (TPSA) is 76.3 Å². The van der Waals surface area contributed by atoms with E-state index in [0.29, 0.717) is 21.6 Å². The Morgan fingerprint density at radius 1 is 1.12 bits per heavy atom. The molecule has 2 aromatic heterocycles. The lowest BCUT2D eigenvalue weighted by Crippen LogP contribution is -2.25. The number of rotatable bonds is 5. The molecule has 0 atom stereocenters. The van der Waals surface area contributed by atoms with E-state index in [1.165, 1.54) is 16.9 Å². The van der Waals surface area contributed by atoms with Crippen LogP contribution in [0.4, 0.5) is 5.69 Å². The molecule has 0 aliphatic rings. The largest absolute Gasteiger partial charge is 0.459 e. The monoisotopic (exact) mass is 391 g/mol. The summed E-state index contributed by atoms with van der Waals surface area (Å²) in [5.41, 5.74) is 1.78.